The number of amides is 1. The third-order valence-corrected chi connectivity index (χ3v) is 4.80. The zero-order valence-corrected chi connectivity index (χ0v) is 17.0. The van der Waals surface area contributed by atoms with E-state index >= 15 is 0 Å². The molecular weight excluding hydrogens is 356 g/mol. The molecule has 152 valence electrons. The molecule has 1 amide bonds. The Hall–Kier alpha value is -2.73. The average molecular weight is 386 g/mol. The van der Waals surface area contributed by atoms with E-state index in [4.69, 9.17) is 19.9 Å². The molecule has 2 aromatic carbocycles. The molecule has 0 aromatic heterocycles. The van der Waals surface area contributed by atoms with E-state index < -0.39 is 0 Å². The summed E-state index contributed by atoms with van der Waals surface area (Å²) in [7, 11) is 3.25. The number of hydrogen-bond donors (Lipinski definition) is 2. The maximum atomic E-state index is 11.7. The molecule has 2 rings (SSSR count). The third-order valence-electron chi connectivity index (χ3n) is 4.80. The molecule has 2 aromatic rings. The fourth-order valence-electron chi connectivity index (χ4n) is 2.91. The molecule has 0 saturated carbocycles. The lowest BCUT2D eigenvalue weighted by molar-refractivity contribution is -0.121. The number of rotatable bonds is 11. The first-order chi connectivity index (χ1) is 13.5. The van der Waals surface area contributed by atoms with Crippen molar-refractivity contribution in [1.82, 2.24) is 5.32 Å². The van der Waals surface area contributed by atoms with Crippen LogP contribution in [0.5, 0.6) is 17.2 Å². The predicted molar refractivity (Wildman–Crippen MR) is 110 cm³/mol. The van der Waals surface area contributed by atoms with Gasteiger partial charge < -0.3 is 25.3 Å². The van der Waals surface area contributed by atoms with Gasteiger partial charge in [-0.25, -0.2) is 0 Å². The lowest BCUT2D eigenvalue weighted by Crippen LogP contribution is -2.45. The second kappa shape index (κ2) is 10.6. The molecule has 2 unspecified atom stereocenters. The maximum absolute atomic E-state index is 11.7. The minimum atomic E-state index is -0.361. The van der Waals surface area contributed by atoms with Crippen molar-refractivity contribution in [3.8, 4) is 17.2 Å². The molecule has 6 nitrogen and oxygen atoms in total. The van der Waals surface area contributed by atoms with E-state index in [2.05, 4.69) is 5.32 Å². The lowest BCUT2D eigenvalue weighted by Gasteiger charge is -2.21. The van der Waals surface area contributed by atoms with Gasteiger partial charge in [-0.1, -0.05) is 38.5 Å². The summed E-state index contributed by atoms with van der Waals surface area (Å²) >= 11 is 0. The minimum absolute atomic E-state index is 0.171. The van der Waals surface area contributed by atoms with Crippen molar-refractivity contribution >= 4 is 5.91 Å². The molecule has 0 fully saturated rings. The van der Waals surface area contributed by atoms with Crippen LogP contribution in [-0.2, 0) is 17.9 Å². The Kier molecular flexibility index (Phi) is 8.14. The van der Waals surface area contributed by atoms with Gasteiger partial charge in [-0.15, -0.1) is 0 Å². The fourth-order valence-corrected chi connectivity index (χ4v) is 2.91. The Balaban J connectivity index is 2.03. The highest BCUT2D eigenvalue weighted by Gasteiger charge is 2.21. The van der Waals surface area contributed by atoms with Gasteiger partial charge in [-0.05, 0) is 41.3 Å². The molecule has 2 atom stereocenters. The number of carbonyl (C=O) groups excluding carboxylic acids is 1. The smallest absolute Gasteiger partial charge is 0.234 e. The standard InChI is InChI=1S/C22H30N2O4/c1-5-15(2)21(22(23)25)24-13-16-9-10-19(20(12-16)27-4)28-14-17-7-6-8-18(11-17)26-3/h6-12,15,21,24H,5,13-14H2,1-4H3,(H2,23,25). The summed E-state index contributed by atoms with van der Waals surface area (Å²) in [5.74, 6) is 1.92. The fraction of sp³-hybridized carbons (Fsp3) is 0.409. The van der Waals surface area contributed by atoms with Gasteiger partial charge in [0.1, 0.15) is 12.4 Å². The van der Waals surface area contributed by atoms with Gasteiger partial charge in [0, 0.05) is 6.54 Å². The molecule has 0 spiro atoms. The molecule has 0 aliphatic carbocycles. The Morgan fingerprint density at radius 3 is 2.50 bits per heavy atom. The van der Waals surface area contributed by atoms with Crippen LogP contribution >= 0.6 is 0 Å². The number of carbonyl (C=O) groups is 1. The first-order valence-electron chi connectivity index (χ1n) is 9.43. The van der Waals surface area contributed by atoms with E-state index in [-0.39, 0.29) is 17.9 Å². The normalized spacial score (nSPS) is 12.9. The third kappa shape index (κ3) is 5.89. The maximum Gasteiger partial charge on any atom is 0.234 e. The number of benzene rings is 2. The largest absolute Gasteiger partial charge is 0.497 e. The van der Waals surface area contributed by atoms with Crippen molar-refractivity contribution in [2.24, 2.45) is 11.7 Å². The summed E-state index contributed by atoms with van der Waals surface area (Å²) < 4.78 is 16.6. The molecule has 0 radical (unpaired) electrons. The zero-order valence-electron chi connectivity index (χ0n) is 17.0. The van der Waals surface area contributed by atoms with E-state index in [1.807, 2.05) is 56.3 Å². The molecule has 28 heavy (non-hydrogen) atoms. The number of methoxy groups -OCH3 is 2. The molecular formula is C22H30N2O4. The van der Waals surface area contributed by atoms with Gasteiger partial charge in [-0.3, -0.25) is 4.79 Å². The van der Waals surface area contributed by atoms with E-state index in [1.165, 1.54) is 0 Å². The summed E-state index contributed by atoms with van der Waals surface area (Å²) in [5.41, 5.74) is 7.51. The molecule has 0 aliphatic rings. The van der Waals surface area contributed by atoms with Gasteiger partial charge >= 0.3 is 0 Å². The molecule has 0 aliphatic heterocycles. The number of primary amides is 1. The summed E-state index contributed by atoms with van der Waals surface area (Å²) in [6.07, 6.45) is 0.876. The van der Waals surface area contributed by atoms with Crippen LogP contribution in [0.2, 0.25) is 0 Å². The molecule has 0 saturated heterocycles. The van der Waals surface area contributed by atoms with Crippen molar-refractivity contribution in [2.75, 3.05) is 14.2 Å². The summed E-state index contributed by atoms with van der Waals surface area (Å²) in [5, 5.41) is 3.24. The molecule has 3 N–H and O–H groups in total. The van der Waals surface area contributed by atoms with Crippen molar-refractivity contribution in [3.63, 3.8) is 0 Å². The molecule has 0 heterocycles. The average Bonchev–Trinajstić information content (AvgIpc) is 2.72. The Morgan fingerprint density at radius 1 is 1.07 bits per heavy atom. The summed E-state index contributed by atoms with van der Waals surface area (Å²) in [4.78, 5) is 11.7. The highest BCUT2D eigenvalue weighted by Crippen LogP contribution is 2.29. The van der Waals surface area contributed by atoms with Crippen molar-refractivity contribution in [2.45, 2.75) is 39.5 Å². The first-order valence-corrected chi connectivity index (χ1v) is 9.43. The van der Waals surface area contributed by atoms with E-state index in [0.717, 1.165) is 23.3 Å². The van der Waals surface area contributed by atoms with Crippen LogP contribution in [0, 0.1) is 5.92 Å². The van der Waals surface area contributed by atoms with Gasteiger partial charge in [-0.2, -0.15) is 0 Å². The highest BCUT2D eigenvalue weighted by atomic mass is 16.5. The molecule has 0 bridgehead atoms. The summed E-state index contributed by atoms with van der Waals surface area (Å²) in [6, 6.07) is 13.1. The number of nitrogens with two attached hydrogens (primary N) is 1. The van der Waals surface area contributed by atoms with Crippen molar-refractivity contribution in [3.05, 3.63) is 53.6 Å². The minimum Gasteiger partial charge on any atom is -0.497 e. The van der Waals surface area contributed by atoms with Crippen LogP contribution in [0.25, 0.3) is 0 Å². The van der Waals surface area contributed by atoms with E-state index in [0.29, 0.717) is 24.7 Å². The van der Waals surface area contributed by atoms with Crippen LogP contribution in [0.4, 0.5) is 0 Å². The Bertz CT molecular complexity index is 779. The van der Waals surface area contributed by atoms with Crippen LogP contribution in [0.3, 0.4) is 0 Å². The quantitative estimate of drug-likeness (QED) is 0.619. The number of hydrogen-bond acceptors (Lipinski definition) is 5. The molecule has 6 heteroatoms. The zero-order chi connectivity index (χ0) is 20.5. The first kappa shape index (κ1) is 21.6. The van der Waals surface area contributed by atoms with Gasteiger partial charge in [0.15, 0.2) is 11.5 Å². The van der Waals surface area contributed by atoms with E-state index in [1.54, 1.807) is 14.2 Å². The van der Waals surface area contributed by atoms with Crippen LogP contribution in [-0.4, -0.2) is 26.2 Å². The second-order valence-corrected chi connectivity index (χ2v) is 6.77. The van der Waals surface area contributed by atoms with E-state index in [9.17, 15) is 4.79 Å². The van der Waals surface area contributed by atoms with Gasteiger partial charge in [0.25, 0.3) is 0 Å². The van der Waals surface area contributed by atoms with Crippen LogP contribution < -0.4 is 25.3 Å². The topological polar surface area (TPSA) is 82.8 Å². The SMILES string of the molecule is CCC(C)C(NCc1ccc(OCc2cccc(OC)c2)c(OC)c1)C(N)=O. The van der Waals surface area contributed by atoms with Crippen molar-refractivity contribution in [1.29, 1.82) is 0 Å². The second-order valence-electron chi connectivity index (χ2n) is 6.77. The number of nitrogens with one attached hydrogen (secondary N) is 1. The van der Waals surface area contributed by atoms with Gasteiger partial charge in [0.2, 0.25) is 5.91 Å². The highest BCUT2D eigenvalue weighted by molar-refractivity contribution is 5.80. The van der Waals surface area contributed by atoms with Gasteiger partial charge in [0.05, 0.1) is 20.3 Å². The number of ether oxygens (including phenoxy) is 3. The Labute approximate surface area is 167 Å². The Morgan fingerprint density at radius 2 is 1.86 bits per heavy atom. The van der Waals surface area contributed by atoms with Crippen LogP contribution in [0.1, 0.15) is 31.4 Å². The lowest BCUT2D eigenvalue weighted by atomic mass is 9.98. The summed E-state index contributed by atoms with van der Waals surface area (Å²) in [6.45, 7) is 4.98. The predicted octanol–water partition coefficient (Wildman–Crippen LogP) is 3.27. The van der Waals surface area contributed by atoms with Crippen LogP contribution in [0.15, 0.2) is 42.5 Å². The monoisotopic (exact) mass is 386 g/mol. The van der Waals surface area contributed by atoms with Crippen molar-refractivity contribution < 1.29 is 19.0 Å².